The normalized spacial score (nSPS) is 16.3. The lowest BCUT2D eigenvalue weighted by Gasteiger charge is -2.29. The number of benzene rings is 2. The zero-order valence-electron chi connectivity index (χ0n) is 16.0. The highest BCUT2D eigenvalue weighted by atomic mass is 19.2. The van der Waals surface area contributed by atoms with Crippen molar-refractivity contribution < 1.29 is 13.6 Å². The van der Waals surface area contributed by atoms with Gasteiger partial charge in [0.1, 0.15) is 0 Å². The largest absolute Gasteiger partial charge is 0.372 e. The second-order valence-corrected chi connectivity index (χ2v) is 7.80. The van der Waals surface area contributed by atoms with Crippen LogP contribution in [0.15, 0.2) is 36.5 Å². The first-order valence-corrected chi connectivity index (χ1v) is 9.97. The van der Waals surface area contributed by atoms with Crippen LogP contribution in [-0.2, 0) is 13.1 Å². The number of carbonyl (C=O) groups excluding carboxylic acids is 1. The average molecular weight is 396 g/mol. The number of hydrogen-bond donors (Lipinski definition) is 2. The minimum absolute atomic E-state index is 0.258. The molecule has 2 aromatic carbocycles. The van der Waals surface area contributed by atoms with Gasteiger partial charge in [0.2, 0.25) is 0 Å². The van der Waals surface area contributed by atoms with Gasteiger partial charge >= 0.3 is 6.03 Å². The van der Waals surface area contributed by atoms with Gasteiger partial charge in [-0.25, -0.2) is 13.6 Å². The van der Waals surface area contributed by atoms with E-state index < -0.39 is 11.6 Å². The Morgan fingerprint density at radius 3 is 2.55 bits per heavy atom. The van der Waals surface area contributed by atoms with Crippen molar-refractivity contribution >= 4 is 28.3 Å². The zero-order chi connectivity index (χ0) is 20.0. The van der Waals surface area contributed by atoms with Gasteiger partial charge in [-0.3, -0.25) is 0 Å². The van der Waals surface area contributed by atoms with E-state index in [-0.39, 0.29) is 6.03 Å². The molecule has 3 heterocycles. The molecule has 2 amide bonds. The molecule has 29 heavy (non-hydrogen) atoms. The summed E-state index contributed by atoms with van der Waals surface area (Å²) in [5.74, 6) is -1.86. The van der Waals surface area contributed by atoms with Crippen LogP contribution in [0.4, 0.5) is 25.0 Å². The highest BCUT2D eigenvalue weighted by Crippen LogP contribution is 2.30. The molecule has 5 rings (SSSR count). The summed E-state index contributed by atoms with van der Waals surface area (Å²) in [6.45, 7) is 3.24. The molecule has 1 aromatic heterocycles. The number of piperidine rings is 1. The summed E-state index contributed by atoms with van der Waals surface area (Å²) < 4.78 is 27.0. The number of hydrogen-bond acceptors (Lipinski definition) is 2. The molecule has 2 aliphatic heterocycles. The first-order valence-electron chi connectivity index (χ1n) is 9.97. The number of rotatable bonds is 2. The van der Waals surface area contributed by atoms with Crippen molar-refractivity contribution in [3.8, 4) is 0 Å². The number of amides is 2. The molecular weight excluding hydrogens is 374 g/mol. The number of carbonyl (C=O) groups is 1. The summed E-state index contributed by atoms with van der Waals surface area (Å²) >= 11 is 0. The molecule has 0 unspecified atom stereocenters. The third-order valence-corrected chi connectivity index (χ3v) is 5.88. The molecule has 150 valence electrons. The lowest BCUT2D eigenvalue weighted by Crippen LogP contribution is -2.30. The van der Waals surface area contributed by atoms with Gasteiger partial charge in [0, 0.05) is 49.5 Å². The highest BCUT2D eigenvalue weighted by Gasteiger charge is 2.25. The second kappa shape index (κ2) is 7.06. The van der Waals surface area contributed by atoms with E-state index in [4.69, 9.17) is 0 Å². The highest BCUT2D eigenvalue weighted by molar-refractivity contribution is 6.01. The van der Waals surface area contributed by atoms with Gasteiger partial charge in [-0.15, -0.1) is 0 Å². The van der Waals surface area contributed by atoms with Crippen molar-refractivity contribution in [3.63, 3.8) is 0 Å². The fourth-order valence-corrected chi connectivity index (χ4v) is 4.29. The molecule has 0 saturated carbocycles. The van der Waals surface area contributed by atoms with Crippen LogP contribution in [-0.4, -0.2) is 29.0 Å². The Bertz CT molecular complexity index is 1090. The van der Waals surface area contributed by atoms with Gasteiger partial charge < -0.3 is 20.1 Å². The number of H-pyrrole nitrogens is 1. The molecule has 5 nitrogen and oxygen atoms in total. The molecule has 0 atom stereocenters. The molecule has 0 aliphatic carbocycles. The van der Waals surface area contributed by atoms with Crippen molar-refractivity contribution in [2.24, 2.45) is 0 Å². The van der Waals surface area contributed by atoms with Crippen molar-refractivity contribution in [1.82, 2.24) is 9.88 Å². The van der Waals surface area contributed by atoms with E-state index in [1.807, 2.05) is 0 Å². The van der Waals surface area contributed by atoms with E-state index in [1.165, 1.54) is 24.9 Å². The maximum absolute atomic E-state index is 13.6. The maximum Gasteiger partial charge on any atom is 0.322 e. The number of aromatic amines is 1. The molecule has 0 spiro atoms. The summed E-state index contributed by atoms with van der Waals surface area (Å²) in [7, 11) is 0. The Morgan fingerprint density at radius 2 is 1.72 bits per heavy atom. The Kier molecular flexibility index (Phi) is 4.38. The van der Waals surface area contributed by atoms with Gasteiger partial charge in [0.05, 0.1) is 11.2 Å². The van der Waals surface area contributed by atoms with Crippen LogP contribution < -0.4 is 10.2 Å². The molecular formula is C22H22F2N4O. The average Bonchev–Trinajstić information content (AvgIpc) is 3.33. The minimum atomic E-state index is -0.939. The maximum atomic E-state index is 13.6. The van der Waals surface area contributed by atoms with Crippen LogP contribution in [0.25, 0.3) is 10.9 Å². The number of nitrogens with zero attached hydrogens (tertiary/aromatic N) is 2. The van der Waals surface area contributed by atoms with Crippen LogP contribution in [0.2, 0.25) is 0 Å². The topological polar surface area (TPSA) is 51.4 Å². The van der Waals surface area contributed by atoms with Crippen molar-refractivity contribution in [2.45, 2.75) is 32.4 Å². The van der Waals surface area contributed by atoms with E-state index in [0.717, 1.165) is 36.3 Å². The summed E-state index contributed by atoms with van der Waals surface area (Å²) in [4.78, 5) is 19.8. The predicted octanol–water partition coefficient (Wildman–Crippen LogP) is 4.98. The summed E-state index contributed by atoms with van der Waals surface area (Å²) in [6, 6.07) is 8.37. The molecule has 0 radical (unpaired) electrons. The molecule has 2 N–H and O–H groups in total. The minimum Gasteiger partial charge on any atom is -0.372 e. The second-order valence-electron chi connectivity index (χ2n) is 7.80. The Labute approximate surface area is 167 Å². The summed E-state index contributed by atoms with van der Waals surface area (Å²) in [6.07, 6.45) is 5.29. The van der Waals surface area contributed by atoms with Gasteiger partial charge in [-0.05, 0) is 48.6 Å². The molecule has 1 fully saturated rings. The molecule has 7 heteroatoms. The van der Waals surface area contributed by atoms with Crippen LogP contribution in [0.5, 0.6) is 0 Å². The third kappa shape index (κ3) is 3.30. The molecule has 0 bridgehead atoms. The Morgan fingerprint density at radius 1 is 0.966 bits per heavy atom. The van der Waals surface area contributed by atoms with Gasteiger partial charge in [-0.1, -0.05) is 6.07 Å². The van der Waals surface area contributed by atoms with Gasteiger partial charge in [0.15, 0.2) is 11.6 Å². The quantitative estimate of drug-likeness (QED) is 0.642. The fourth-order valence-electron chi connectivity index (χ4n) is 4.29. The Balaban J connectivity index is 1.31. The van der Waals surface area contributed by atoms with E-state index in [2.05, 4.69) is 33.4 Å². The van der Waals surface area contributed by atoms with Crippen molar-refractivity contribution in [3.05, 3.63) is 59.3 Å². The van der Waals surface area contributed by atoms with E-state index in [1.54, 1.807) is 11.1 Å². The van der Waals surface area contributed by atoms with E-state index in [9.17, 15) is 13.6 Å². The monoisotopic (exact) mass is 396 g/mol. The van der Waals surface area contributed by atoms with Crippen LogP contribution in [0.1, 0.15) is 30.4 Å². The lowest BCUT2D eigenvalue weighted by molar-refractivity contribution is 0.212. The van der Waals surface area contributed by atoms with Gasteiger partial charge in [0.25, 0.3) is 0 Å². The Hall–Kier alpha value is -3.09. The summed E-state index contributed by atoms with van der Waals surface area (Å²) in [5.41, 5.74) is 4.41. The number of nitrogens with one attached hydrogen (secondary N) is 2. The number of anilines is 2. The first-order chi connectivity index (χ1) is 14.1. The molecule has 3 aromatic rings. The number of urea groups is 1. The smallest absolute Gasteiger partial charge is 0.322 e. The number of fused-ring (bicyclic) bond motifs is 2. The van der Waals surface area contributed by atoms with Crippen molar-refractivity contribution in [1.29, 1.82) is 0 Å². The fraction of sp³-hybridized carbons (Fsp3) is 0.318. The number of halogens is 2. The van der Waals surface area contributed by atoms with Crippen LogP contribution >= 0.6 is 0 Å². The zero-order valence-corrected chi connectivity index (χ0v) is 16.0. The van der Waals surface area contributed by atoms with Crippen LogP contribution in [0.3, 0.4) is 0 Å². The molecule has 2 aliphatic rings. The summed E-state index contributed by atoms with van der Waals surface area (Å²) in [5, 5.41) is 3.27. The van der Waals surface area contributed by atoms with E-state index in [0.29, 0.717) is 29.7 Å². The van der Waals surface area contributed by atoms with Gasteiger partial charge in [-0.2, -0.15) is 0 Å². The number of aromatic nitrogens is 1. The first kappa shape index (κ1) is 18.0. The van der Waals surface area contributed by atoms with E-state index >= 15 is 0 Å². The predicted molar refractivity (Wildman–Crippen MR) is 109 cm³/mol. The third-order valence-electron chi connectivity index (χ3n) is 5.88. The standard InChI is InChI=1S/C22H22F2N4O/c23-18-9-17-20(10-19(18)24)25-11-21(17)26-22(29)28-12-14-4-5-16(8-15(14)13-28)27-6-2-1-3-7-27/h4-5,8-11,25H,1-3,6-7,12-13H2,(H,26,29). The SMILES string of the molecule is O=C(Nc1c[nH]c2cc(F)c(F)cc12)N1Cc2ccc(N3CCCCC3)cc2C1. The van der Waals surface area contributed by atoms with Crippen molar-refractivity contribution in [2.75, 3.05) is 23.3 Å². The van der Waals surface area contributed by atoms with Crippen LogP contribution in [0, 0.1) is 11.6 Å². The molecule has 1 saturated heterocycles. The lowest BCUT2D eigenvalue weighted by atomic mass is 10.1.